The van der Waals surface area contributed by atoms with Crippen LogP contribution in [0.15, 0.2) is 24.3 Å². The predicted octanol–water partition coefficient (Wildman–Crippen LogP) is 3.14. The summed E-state index contributed by atoms with van der Waals surface area (Å²) in [6.45, 7) is 2.58. The van der Waals surface area contributed by atoms with Crippen LogP contribution in [0.1, 0.15) is 44.1 Å². The molecule has 1 aromatic rings. The number of amides is 1. The van der Waals surface area contributed by atoms with E-state index in [1.165, 1.54) is 18.4 Å². The summed E-state index contributed by atoms with van der Waals surface area (Å²) in [7, 11) is 0. The molecule has 0 radical (unpaired) electrons. The lowest BCUT2D eigenvalue weighted by Crippen LogP contribution is -2.28. The summed E-state index contributed by atoms with van der Waals surface area (Å²) >= 11 is 0. The largest absolute Gasteiger partial charge is 0.494 e. The fraction of sp³-hybridized carbons (Fsp3) is 0.562. The first-order valence-corrected chi connectivity index (χ1v) is 7.38. The Bertz CT molecular complexity index is 410. The molecule has 4 heteroatoms. The van der Waals surface area contributed by atoms with Crippen LogP contribution in [0.5, 0.6) is 5.75 Å². The summed E-state index contributed by atoms with van der Waals surface area (Å²) in [5.41, 5.74) is 3.75. The van der Waals surface area contributed by atoms with E-state index in [4.69, 9.17) is 9.57 Å². The van der Waals surface area contributed by atoms with Crippen LogP contribution >= 0.6 is 0 Å². The van der Waals surface area contributed by atoms with Gasteiger partial charge in [-0.15, -0.1) is 0 Å². The number of benzene rings is 1. The number of hydrogen-bond donors (Lipinski definition) is 1. The average molecular weight is 277 g/mol. The summed E-state index contributed by atoms with van der Waals surface area (Å²) < 4.78 is 5.57. The van der Waals surface area contributed by atoms with Gasteiger partial charge in [0.05, 0.1) is 12.7 Å². The maximum absolute atomic E-state index is 11.6. The molecule has 1 aliphatic rings. The van der Waals surface area contributed by atoms with Gasteiger partial charge >= 0.3 is 0 Å². The van der Waals surface area contributed by atoms with Gasteiger partial charge in [-0.05, 0) is 38.3 Å². The third kappa shape index (κ3) is 5.21. The zero-order valence-electron chi connectivity index (χ0n) is 12.1. The van der Waals surface area contributed by atoms with Crippen molar-refractivity contribution in [1.29, 1.82) is 0 Å². The second-order valence-corrected chi connectivity index (χ2v) is 5.31. The molecular formula is C16H23NO3. The van der Waals surface area contributed by atoms with Gasteiger partial charge < -0.3 is 4.74 Å². The molecule has 4 nitrogen and oxygen atoms in total. The predicted molar refractivity (Wildman–Crippen MR) is 77.4 cm³/mol. The molecule has 20 heavy (non-hydrogen) atoms. The number of carbonyl (C=O) groups excluding carboxylic acids is 1. The second kappa shape index (κ2) is 7.90. The van der Waals surface area contributed by atoms with Gasteiger partial charge in [-0.3, -0.25) is 9.63 Å². The quantitative estimate of drug-likeness (QED) is 0.615. The highest BCUT2D eigenvalue weighted by atomic mass is 16.7. The molecule has 1 fully saturated rings. The van der Waals surface area contributed by atoms with Gasteiger partial charge in [-0.1, -0.05) is 30.5 Å². The molecule has 1 N–H and O–H groups in total. The van der Waals surface area contributed by atoms with E-state index in [9.17, 15) is 4.79 Å². The van der Waals surface area contributed by atoms with Crippen LogP contribution in [0.4, 0.5) is 0 Å². The van der Waals surface area contributed by atoms with Crippen LogP contribution < -0.4 is 10.2 Å². The molecule has 1 aliphatic carbocycles. The third-order valence-corrected chi connectivity index (χ3v) is 3.48. The Kier molecular flexibility index (Phi) is 5.87. The van der Waals surface area contributed by atoms with Gasteiger partial charge in [0.15, 0.2) is 0 Å². The van der Waals surface area contributed by atoms with Crippen LogP contribution in [0.25, 0.3) is 0 Å². The highest BCUT2D eigenvalue weighted by Gasteiger charge is 2.16. The zero-order chi connectivity index (χ0) is 14.2. The molecule has 1 aromatic carbocycles. The zero-order valence-corrected chi connectivity index (χ0v) is 12.1. The molecule has 0 heterocycles. The Morgan fingerprint density at radius 2 is 1.95 bits per heavy atom. The lowest BCUT2D eigenvalue weighted by molar-refractivity contribution is -0.138. The second-order valence-electron chi connectivity index (χ2n) is 5.31. The van der Waals surface area contributed by atoms with Crippen LogP contribution in [-0.4, -0.2) is 18.6 Å². The summed E-state index contributed by atoms with van der Waals surface area (Å²) in [6, 6.07) is 7.91. The monoisotopic (exact) mass is 277 g/mol. The normalized spacial score (nSPS) is 15.2. The first kappa shape index (κ1) is 14.9. The minimum absolute atomic E-state index is 0.0654. The highest BCUT2D eigenvalue weighted by molar-refractivity contribution is 5.74. The van der Waals surface area contributed by atoms with Gasteiger partial charge in [-0.25, -0.2) is 5.48 Å². The van der Waals surface area contributed by atoms with Gasteiger partial charge in [0, 0.05) is 6.42 Å². The smallest absolute Gasteiger partial charge is 0.243 e. The van der Waals surface area contributed by atoms with Crippen molar-refractivity contribution in [3.8, 4) is 5.75 Å². The minimum atomic E-state index is -0.0654. The van der Waals surface area contributed by atoms with Crippen molar-refractivity contribution < 1.29 is 14.4 Å². The molecule has 0 spiro atoms. The maximum Gasteiger partial charge on any atom is 0.243 e. The first-order valence-electron chi connectivity index (χ1n) is 7.38. The lowest BCUT2D eigenvalue weighted by atomic mass is 10.2. The van der Waals surface area contributed by atoms with Crippen molar-refractivity contribution >= 4 is 5.91 Å². The van der Waals surface area contributed by atoms with E-state index in [-0.39, 0.29) is 12.0 Å². The van der Waals surface area contributed by atoms with Crippen molar-refractivity contribution in [3.05, 3.63) is 29.8 Å². The maximum atomic E-state index is 11.6. The van der Waals surface area contributed by atoms with E-state index in [0.29, 0.717) is 19.4 Å². The summed E-state index contributed by atoms with van der Waals surface area (Å²) in [5.74, 6) is 0.780. The average Bonchev–Trinajstić information content (AvgIpc) is 2.96. The third-order valence-electron chi connectivity index (χ3n) is 3.48. The fourth-order valence-corrected chi connectivity index (χ4v) is 2.26. The van der Waals surface area contributed by atoms with E-state index >= 15 is 0 Å². The number of aryl methyl sites for hydroxylation is 1. The molecule has 0 aliphatic heterocycles. The number of carbonyl (C=O) groups is 1. The van der Waals surface area contributed by atoms with Crippen LogP contribution in [0.3, 0.4) is 0 Å². The lowest BCUT2D eigenvalue weighted by Gasteiger charge is -2.11. The van der Waals surface area contributed by atoms with E-state index < -0.39 is 0 Å². The molecular weight excluding hydrogens is 254 g/mol. The number of ether oxygens (including phenoxy) is 1. The number of nitrogens with one attached hydrogen (secondary N) is 1. The Labute approximate surface area is 120 Å². The van der Waals surface area contributed by atoms with Crippen LogP contribution in [-0.2, 0) is 9.63 Å². The van der Waals surface area contributed by atoms with Gasteiger partial charge in [0.25, 0.3) is 0 Å². The summed E-state index contributed by atoms with van der Waals surface area (Å²) in [6.07, 6.45) is 5.83. The van der Waals surface area contributed by atoms with E-state index in [1.807, 2.05) is 31.2 Å². The molecule has 0 atom stereocenters. The van der Waals surface area contributed by atoms with E-state index in [1.54, 1.807) is 0 Å². The molecule has 0 saturated heterocycles. The highest BCUT2D eigenvalue weighted by Crippen LogP contribution is 2.19. The molecule has 0 aromatic heterocycles. The topological polar surface area (TPSA) is 47.6 Å². The van der Waals surface area contributed by atoms with Crippen molar-refractivity contribution in [1.82, 2.24) is 5.48 Å². The van der Waals surface area contributed by atoms with Crippen molar-refractivity contribution in [2.75, 3.05) is 6.61 Å². The van der Waals surface area contributed by atoms with Gasteiger partial charge in [0.2, 0.25) is 5.91 Å². The molecule has 0 bridgehead atoms. The molecule has 0 unspecified atom stereocenters. The number of rotatable bonds is 7. The molecule has 1 amide bonds. The standard InChI is InChI=1S/C16H23NO3/c1-13-8-10-14(11-9-13)19-12-4-7-16(18)17-20-15-5-2-3-6-15/h8-11,15H,2-7,12H2,1H3,(H,17,18). The molecule has 110 valence electrons. The van der Waals surface area contributed by atoms with Crippen LogP contribution in [0.2, 0.25) is 0 Å². The molecule has 2 rings (SSSR count). The Balaban J connectivity index is 1.53. The SMILES string of the molecule is Cc1ccc(OCCCC(=O)NOC2CCCC2)cc1. The Morgan fingerprint density at radius 3 is 2.65 bits per heavy atom. The first-order chi connectivity index (χ1) is 9.74. The summed E-state index contributed by atoms with van der Waals surface area (Å²) in [4.78, 5) is 16.9. The summed E-state index contributed by atoms with van der Waals surface area (Å²) in [5, 5.41) is 0. The van der Waals surface area contributed by atoms with Crippen LogP contribution in [0, 0.1) is 6.92 Å². The Morgan fingerprint density at radius 1 is 1.25 bits per heavy atom. The van der Waals surface area contributed by atoms with Crippen molar-refractivity contribution in [2.24, 2.45) is 0 Å². The number of hydroxylamine groups is 1. The van der Waals surface area contributed by atoms with Crippen molar-refractivity contribution in [3.63, 3.8) is 0 Å². The fourth-order valence-electron chi connectivity index (χ4n) is 2.26. The molecule has 1 saturated carbocycles. The van der Waals surface area contributed by atoms with E-state index in [2.05, 4.69) is 5.48 Å². The minimum Gasteiger partial charge on any atom is -0.494 e. The van der Waals surface area contributed by atoms with E-state index in [0.717, 1.165) is 18.6 Å². The Hall–Kier alpha value is -1.55. The van der Waals surface area contributed by atoms with Crippen molar-refractivity contribution in [2.45, 2.75) is 51.6 Å². The van der Waals surface area contributed by atoms with Gasteiger partial charge in [0.1, 0.15) is 5.75 Å². The van der Waals surface area contributed by atoms with Gasteiger partial charge in [-0.2, -0.15) is 0 Å². The number of hydrogen-bond acceptors (Lipinski definition) is 3.